The summed E-state index contributed by atoms with van der Waals surface area (Å²) in [7, 11) is 0. The number of hydrogen-bond acceptors (Lipinski definition) is 3. The molecule has 0 aromatic heterocycles. The summed E-state index contributed by atoms with van der Waals surface area (Å²) in [6.45, 7) is 0. The van der Waals surface area contributed by atoms with Crippen LogP contribution in [0.25, 0.3) is 0 Å². The van der Waals surface area contributed by atoms with Crippen LogP contribution in [0.4, 0.5) is 0 Å². The van der Waals surface area contributed by atoms with Gasteiger partial charge in [0.1, 0.15) is 0 Å². The maximum atomic E-state index is 5.12. The molecule has 0 aromatic carbocycles. The number of thiocarbonyl (C=S) groups is 1. The molecule has 0 atom stereocenters. The van der Waals surface area contributed by atoms with Crippen molar-refractivity contribution in [2.24, 2.45) is 10.2 Å². The van der Waals surface area contributed by atoms with Gasteiger partial charge in [-0.3, -0.25) is 0 Å². The van der Waals surface area contributed by atoms with Crippen LogP contribution in [0.3, 0.4) is 0 Å². The highest BCUT2D eigenvalue weighted by atomic mass is 32.1. The first kappa shape index (κ1) is 7.55. The minimum Gasteiger partial charge on any atom is -0.159 e. The molecule has 2 nitrogen and oxygen atoms in total. The van der Waals surface area contributed by atoms with Crippen molar-refractivity contribution in [3.8, 4) is 0 Å². The maximum absolute atomic E-state index is 5.12. The smallest absolute Gasteiger partial charge is 0.0748 e. The van der Waals surface area contributed by atoms with E-state index in [0.29, 0.717) is 0 Å². The lowest BCUT2D eigenvalue weighted by molar-refractivity contribution is 1.22. The lowest BCUT2D eigenvalue weighted by Gasteiger charge is -2.11. The molecule has 0 amide bonds. The fourth-order valence-corrected chi connectivity index (χ4v) is 1.47. The van der Waals surface area contributed by atoms with E-state index < -0.39 is 0 Å². The zero-order valence-electron chi connectivity index (χ0n) is 6.53. The van der Waals surface area contributed by atoms with E-state index in [2.05, 4.69) is 16.3 Å². The summed E-state index contributed by atoms with van der Waals surface area (Å²) in [6, 6.07) is 0. The molecule has 0 radical (unpaired) electrons. The molecule has 2 aliphatic rings. The molecule has 0 fully saturated rings. The van der Waals surface area contributed by atoms with Gasteiger partial charge in [-0.1, -0.05) is 24.4 Å². The van der Waals surface area contributed by atoms with E-state index in [0.717, 1.165) is 23.4 Å². The molecule has 1 aliphatic heterocycles. The Hall–Kier alpha value is -1.09. The number of rotatable bonds is 0. The zero-order valence-corrected chi connectivity index (χ0v) is 7.34. The lowest BCUT2D eigenvalue weighted by Crippen LogP contribution is -2.12. The second-order valence-electron chi connectivity index (χ2n) is 2.75. The van der Waals surface area contributed by atoms with Crippen molar-refractivity contribution in [1.82, 2.24) is 0 Å². The van der Waals surface area contributed by atoms with Gasteiger partial charge in [-0.25, -0.2) is 0 Å². The van der Waals surface area contributed by atoms with Gasteiger partial charge in [0.05, 0.1) is 5.71 Å². The zero-order chi connectivity index (χ0) is 8.39. The van der Waals surface area contributed by atoms with Crippen molar-refractivity contribution in [2.75, 3.05) is 0 Å². The Bertz CT molecular complexity index is 334. The average molecular weight is 176 g/mol. The van der Waals surface area contributed by atoms with E-state index in [4.69, 9.17) is 12.2 Å². The molecule has 0 spiro atoms. The van der Waals surface area contributed by atoms with Crippen molar-refractivity contribution in [3.63, 3.8) is 0 Å². The number of hydrogen-bond donors (Lipinski definition) is 0. The van der Waals surface area contributed by atoms with Crippen LogP contribution in [0.5, 0.6) is 0 Å². The summed E-state index contributed by atoms with van der Waals surface area (Å²) < 4.78 is 0. The van der Waals surface area contributed by atoms with E-state index in [1.54, 1.807) is 6.21 Å². The van der Waals surface area contributed by atoms with Gasteiger partial charge in [0.25, 0.3) is 0 Å². The van der Waals surface area contributed by atoms with Crippen LogP contribution in [0.1, 0.15) is 12.8 Å². The fourth-order valence-electron chi connectivity index (χ4n) is 1.25. The van der Waals surface area contributed by atoms with Gasteiger partial charge in [-0.05, 0) is 18.1 Å². The molecular formula is C9H8N2S. The summed E-state index contributed by atoms with van der Waals surface area (Å²) in [4.78, 5) is 1.04. The van der Waals surface area contributed by atoms with Crippen LogP contribution >= 0.6 is 12.2 Å². The number of allylic oxidation sites excluding steroid dienone is 4. The van der Waals surface area contributed by atoms with E-state index in [-0.39, 0.29) is 0 Å². The summed E-state index contributed by atoms with van der Waals surface area (Å²) in [5, 5.41) is 7.93. The minimum absolute atomic E-state index is 0.794. The van der Waals surface area contributed by atoms with Crippen molar-refractivity contribution in [2.45, 2.75) is 12.8 Å². The molecule has 3 heteroatoms. The molecule has 0 bridgehead atoms. The molecule has 0 N–H and O–H groups in total. The first-order chi connectivity index (χ1) is 5.86. The molecule has 1 heterocycles. The molecular weight excluding hydrogens is 168 g/mol. The van der Waals surface area contributed by atoms with Crippen molar-refractivity contribution in [1.29, 1.82) is 0 Å². The molecule has 0 saturated heterocycles. The van der Waals surface area contributed by atoms with Gasteiger partial charge in [-0.2, -0.15) is 10.2 Å². The van der Waals surface area contributed by atoms with E-state index >= 15 is 0 Å². The molecule has 1 aliphatic carbocycles. The average Bonchev–Trinajstić information content (AvgIpc) is 2.28. The Labute approximate surface area is 76.4 Å². The highest BCUT2D eigenvalue weighted by Crippen LogP contribution is 2.16. The van der Waals surface area contributed by atoms with Crippen LogP contribution in [0.15, 0.2) is 34.0 Å². The number of fused-ring (bicyclic) bond motifs is 1. The highest BCUT2D eigenvalue weighted by Gasteiger charge is 2.13. The molecule has 0 unspecified atom stereocenters. The van der Waals surface area contributed by atoms with Crippen LogP contribution in [0.2, 0.25) is 0 Å². The maximum Gasteiger partial charge on any atom is 0.0748 e. The SMILES string of the molecule is S=C1CC=C2C=CC=NN=C2C1. The second-order valence-corrected chi connectivity index (χ2v) is 3.33. The van der Waals surface area contributed by atoms with Gasteiger partial charge in [-0.15, -0.1) is 0 Å². The largest absolute Gasteiger partial charge is 0.159 e. The first-order valence-corrected chi connectivity index (χ1v) is 4.26. The van der Waals surface area contributed by atoms with Gasteiger partial charge < -0.3 is 0 Å². The standard InChI is InChI=1S/C9H8N2S/c12-8-4-3-7-2-1-5-10-11-9(7)6-8/h1-3,5H,4,6H2. The van der Waals surface area contributed by atoms with E-state index in [9.17, 15) is 0 Å². The lowest BCUT2D eigenvalue weighted by atomic mass is 9.97. The molecule has 60 valence electrons. The highest BCUT2D eigenvalue weighted by molar-refractivity contribution is 7.80. The van der Waals surface area contributed by atoms with Gasteiger partial charge in [0.2, 0.25) is 0 Å². The van der Waals surface area contributed by atoms with Crippen LogP contribution < -0.4 is 0 Å². The Morgan fingerprint density at radius 3 is 3.25 bits per heavy atom. The second kappa shape index (κ2) is 3.11. The number of nitrogens with zero attached hydrogens (tertiary/aromatic N) is 2. The quantitative estimate of drug-likeness (QED) is 0.518. The van der Waals surface area contributed by atoms with Gasteiger partial charge in [0.15, 0.2) is 0 Å². The van der Waals surface area contributed by atoms with Gasteiger partial charge >= 0.3 is 0 Å². The Morgan fingerprint density at radius 2 is 2.33 bits per heavy atom. The van der Waals surface area contributed by atoms with E-state index in [1.807, 2.05) is 12.2 Å². The Morgan fingerprint density at radius 1 is 1.42 bits per heavy atom. The van der Waals surface area contributed by atoms with Crippen LogP contribution in [0, 0.1) is 0 Å². The fraction of sp³-hybridized carbons (Fsp3) is 0.222. The van der Waals surface area contributed by atoms with Crippen molar-refractivity contribution < 1.29 is 0 Å². The summed E-state index contributed by atoms with van der Waals surface area (Å²) in [5.74, 6) is 0. The summed E-state index contributed by atoms with van der Waals surface area (Å²) in [5.41, 5.74) is 2.16. The monoisotopic (exact) mass is 176 g/mol. The van der Waals surface area contributed by atoms with E-state index in [1.165, 1.54) is 5.57 Å². The third kappa shape index (κ3) is 1.41. The molecule has 0 saturated carbocycles. The minimum atomic E-state index is 0.794. The predicted molar refractivity (Wildman–Crippen MR) is 55.0 cm³/mol. The summed E-state index contributed by atoms with van der Waals surface area (Å²) >= 11 is 5.12. The normalized spacial score (nSPS) is 21.2. The Balaban J connectivity index is 2.41. The van der Waals surface area contributed by atoms with Crippen LogP contribution in [-0.2, 0) is 0 Å². The first-order valence-electron chi connectivity index (χ1n) is 3.85. The Kier molecular flexibility index (Phi) is 1.96. The molecule has 0 aromatic rings. The summed E-state index contributed by atoms with van der Waals surface area (Å²) in [6.07, 6.45) is 9.41. The van der Waals surface area contributed by atoms with Crippen molar-refractivity contribution in [3.05, 3.63) is 23.8 Å². The topological polar surface area (TPSA) is 24.7 Å². The third-order valence-electron chi connectivity index (χ3n) is 1.85. The molecule has 2 rings (SSSR count). The van der Waals surface area contributed by atoms with Gasteiger partial charge in [0, 0.05) is 17.5 Å². The third-order valence-corrected chi connectivity index (χ3v) is 2.17. The van der Waals surface area contributed by atoms with Crippen molar-refractivity contribution >= 4 is 29.0 Å². The predicted octanol–water partition coefficient (Wildman–Crippen LogP) is 2.07. The molecule has 12 heavy (non-hydrogen) atoms. The van der Waals surface area contributed by atoms with Crippen LogP contribution in [-0.4, -0.2) is 16.8 Å².